The molecule has 12 heavy (non-hydrogen) atoms. The lowest BCUT2D eigenvalue weighted by Gasteiger charge is -2.00. The third-order valence-corrected chi connectivity index (χ3v) is 1.80. The van der Waals surface area contributed by atoms with Crippen molar-refractivity contribution in [3.05, 3.63) is 48.7 Å². The molecule has 2 aromatic rings. The predicted octanol–water partition coefficient (Wildman–Crippen LogP) is 2.39. The van der Waals surface area contributed by atoms with Gasteiger partial charge in [0.25, 0.3) is 0 Å². The number of benzene rings is 1. The number of nitrogens with zero attached hydrogens (tertiary/aromatic N) is 1. The molecular formula is C10H9NO. The molecule has 0 atom stereocenters. The van der Waals surface area contributed by atoms with Gasteiger partial charge in [0.05, 0.1) is 5.69 Å². The molecule has 0 saturated heterocycles. The zero-order valence-corrected chi connectivity index (χ0v) is 6.51. The lowest BCUT2D eigenvalue weighted by Crippen LogP contribution is -1.89. The zero-order valence-electron chi connectivity index (χ0n) is 6.51. The Morgan fingerprint density at radius 1 is 0.917 bits per heavy atom. The average Bonchev–Trinajstić information content (AvgIpc) is 2.53. The van der Waals surface area contributed by atoms with Crippen molar-refractivity contribution in [3.63, 3.8) is 0 Å². The largest absolute Gasteiger partial charge is 0.428 e. The molecule has 1 aromatic carbocycles. The fourth-order valence-corrected chi connectivity index (χ4v) is 1.21. The smallest absolute Gasteiger partial charge is 0.0865 e. The third kappa shape index (κ3) is 1.07. The predicted molar refractivity (Wildman–Crippen MR) is 47.1 cm³/mol. The zero-order chi connectivity index (χ0) is 8.39. The number of hydrogen-bond acceptors (Lipinski definition) is 1. The van der Waals surface area contributed by atoms with E-state index in [2.05, 4.69) is 0 Å². The third-order valence-electron chi connectivity index (χ3n) is 1.80. The van der Waals surface area contributed by atoms with Crippen molar-refractivity contribution in [2.24, 2.45) is 0 Å². The second-order valence-electron chi connectivity index (χ2n) is 2.60. The van der Waals surface area contributed by atoms with Crippen molar-refractivity contribution in [2.45, 2.75) is 0 Å². The van der Waals surface area contributed by atoms with Gasteiger partial charge in [0.2, 0.25) is 0 Å². The van der Waals surface area contributed by atoms with Gasteiger partial charge in [-0.3, -0.25) is 0 Å². The van der Waals surface area contributed by atoms with Crippen molar-refractivity contribution in [1.82, 2.24) is 4.73 Å². The Hall–Kier alpha value is -1.70. The van der Waals surface area contributed by atoms with E-state index >= 15 is 0 Å². The Morgan fingerprint density at radius 3 is 2.25 bits per heavy atom. The summed E-state index contributed by atoms with van der Waals surface area (Å²) in [7, 11) is 0. The molecule has 1 aromatic heterocycles. The van der Waals surface area contributed by atoms with Gasteiger partial charge in [-0.1, -0.05) is 30.3 Å². The number of aromatic nitrogens is 1. The summed E-state index contributed by atoms with van der Waals surface area (Å²) < 4.78 is 1.12. The van der Waals surface area contributed by atoms with E-state index in [0.717, 1.165) is 16.0 Å². The van der Waals surface area contributed by atoms with Crippen LogP contribution in [0.25, 0.3) is 11.3 Å². The minimum Gasteiger partial charge on any atom is -0.428 e. The number of rotatable bonds is 1. The first-order chi connectivity index (χ1) is 5.88. The molecule has 0 aliphatic heterocycles. The molecule has 60 valence electrons. The molecule has 2 nitrogen and oxygen atoms in total. The second-order valence-corrected chi connectivity index (χ2v) is 2.60. The first kappa shape index (κ1) is 6.98. The maximum absolute atomic E-state index is 9.32. The van der Waals surface area contributed by atoms with E-state index in [1.165, 1.54) is 0 Å². The van der Waals surface area contributed by atoms with Crippen molar-refractivity contribution < 1.29 is 5.21 Å². The summed E-state index contributed by atoms with van der Waals surface area (Å²) in [5.74, 6) is 0. The van der Waals surface area contributed by atoms with E-state index in [1.54, 1.807) is 6.20 Å². The van der Waals surface area contributed by atoms with E-state index < -0.39 is 0 Å². The summed E-state index contributed by atoms with van der Waals surface area (Å²) in [5, 5.41) is 9.32. The highest BCUT2D eigenvalue weighted by Gasteiger charge is 1.99. The van der Waals surface area contributed by atoms with Gasteiger partial charge in [-0.2, -0.15) is 4.73 Å². The summed E-state index contributed by atoms with van der Waals surface area (Å²) in [4.78, 5) is 0. The maximum Gasteiger partial charge on any atom is 0.0865 e. The molecular weight excluding hydrogens is 150 g/mol. The second kappa shape index (κ2) is 2.74. The molecule has 1 heterocycles. The van der Waals surface area contributed by atoms with Gasteiger partial charge >= 0.3 is 0 Å². The number of hydrogen-bond donors (Lipinski definition) is 1. The van der Waals surface area contributed by atoms with E-state index in [4.69, 9.17) is 0 Å². The summed E-state index contributed by atoms with van der Waals surface area (Å²) in [6.07, 6.45) is 1.61. The minimum absolute atomic E-state index is 0.815. The highest BCUT2D eigenvalue weighted by Crippen LogP contribution is 2.17. The average molecular weight is 159 g/mol. The highest BCUT2D eigenvalue weighted by molar-refractivity contribution is 5.59. The van der Waals surface area contributed by atoms with Crippen LogP contribution in [-0.2, 0) is 0 Å². The van der Waals surface area contributed by atoms with Crippen LogP contribution in [0.1, 0.15) is 0 Å². The molecule has 0 radical (unpaired) electrons. The lowest BCUT2D eigenvalue weighted by atomic mass is 10.2. The van der Waals surface area contributed by atoms with Crippen LogP contribution in [0.5, 0.6) is 0 Å². The fourth-order valence-electron chi connectivity index (χ4n) is 1.21. The van der Waals surface area contributed by atoms with Crippen LogP contribution >= 0.6 is 0 Å². The quantitative estimate of drug-likeness (QED) is 0.635. The van der Waals surface area contributed by atoms with Gasteiger partial charge in [0, 0.05) is 11.8 Å². The van der Waals surface area contributed by atoms with E-state index in [1.807, 2.05) is 42.5 Å². The first-order valence-electron chi connectivity index (χ1n) is 3.80. The van der Waals surface area contributed by atoms with Crippen molar-refractivity contribution >= 4 is 0 Å². The van der Waals surface area contributed by atoms with Gasteiger partial charge in [-0.05, 0) is 12.1 Å². The standard InChI is InChI=1S/C10H9NO/c12-11-8-4-7-10(11)9-5-2-1-3-6-9/h1-8,12H. The van der Waals surface area contributed by atoms with E-state index in [9.17, 15) is 5.21 Å². The van der Waals surface area contributed by atoms with Gasteiger partial charge in [0.1, 0.15) is 0 Å². The fraction of sp³-hybridized carbons (Fsp3) is 0. The molecule has 0 unspecified atom stereocenters. The van der Waals surface area contributed by atoms with Gasteiger partial charge in [-0.15, -0.1) is 0 Å². The minimum atomic E-state index is 0.815. The molecule has 0 aliphatic rings. The normalized spacial score (nSPS) is 10.0. The van der Waals surface area contributed by atoms with Crippen LogP contribution in [0.3, 0.4) is 0 Å². The summed E-state index contributed by atoms with van der Waals surface area (Å²) in [6.45, 7) is 0. The molecule has 0 spiro atoms. The van der Waals surface area contributed by atoms with E-state index in [0.29, 0.717) is 0 Å². The molecule has 0 aliphatic carbocycles. The maximum atomic E-state index is 9.32. The van der Waals surface area contributed by atoms with Crippen molar-refractivity contribution in [3.8, 4) is 11.3 Å². The molecule has 0 amide bonds. The van der Waals surface area contributed by atoms with Crippen LogP contribution in [0.2, 0.25) is 0 Å². The van der Waals surface area contributed by atoms with Gasteiger partial charge < -0.3 is 5.21 Å². The van der Waals surface area contributed by atoms with Crippen LogP contribution in [-0.4, -0.2) is 9.94 Å². The Bertz CT molecular complexity index is 364. The monoisotopic (exact) mass is 159 g/mol. The van der Waals surface area contributed by atoms with Gasteiger partial charge in [0.15, 0.2) is 0 Å². The van der Waals surface area contributed by atoms with Gasteiger partial charge in [-0.25, -0.2) is 0 Å². The van der Waals surface area contributed by atoms with Crippen molar-refractivity contribution in [2.75, 3.05) is 0 Å². The summed E-state index contributed by atoms with van der Waals surface area (Å²) in [5.41, 5.74) is 1.83. The summed E-state index contributed by atoms with van der Waals surface area (Å²) >= 11 is 0. The molecule has 0 bridgehead atoms. The Labute approximate surface area is 70.7 Å². The van der Waals surface area contributed by atoms with Crippen LogP contribution in [0.15, 0.2) is 48.7 Å². The molecule has 2 rings (SSSR count). The lowest BCUT2D eigenvalue weighted by molar-refractivity contribution is 0.192. The topological polar surface area (TPSA) is 25.2 Å². The Balaban J connectivity index is 2.51. The first-order valence-corrected chi connectivity index (χ1v) is 3.80. The Morgan fingerprint density at radius 2 is 1.67 bits per heavy atom. The Kier molecular flexibility index (Phi) is 1.59. The van der Waals surface area contributed by atoms with Crippen LogP contribution < -0.4 is 0 Å². The molecule has 1 N–H and O–H groups in total. The van der Waals surface area contributed by atoms with Crippen LogP contribution in [0, 0.1) is 0 Å². The summed E-state index contributed by atoms with van der Waals surface area (Å²) in [6, 6.07) is 13.4. The molecule has 2 heteroatoms. The SMILES string of the molecule is On1cccc1-c1ccccc1. The molecule has 0 fully saturated rings. The highest BCUT2D eigenvalue weighted by atomic mass is 16.5. The van der Waals surface area contributed by atoms with E-state index in [-0.39, 0.29) is 0 Å². The molecule has 0 saturated carbocycles. The van der Waals surface area contributed by atoms with Crippen molar-refractivity contribution in [1.29, 1.82) is 0 Å². The van der Waals surface area contributed by atoms with Crippen LogP contribution in [0.4, 0.5) is 0 Å².